The van der Waals surface area contributed by atoms with Gasteiger partial charge in [0.15, 0.2) is 6.23 Å². The predicted molar refractivity (Wildman–Crippen MR) is 137 cm³/mol. The Kier molecular flexibility index (Phi) is 8.50. The monoisotopic (exact) mass is 517 g/mol. The molecule has 36 heavy (non-hydrogen) atoms. The van der Waals surface area contributed by atoms with Crippen molar-refractivity contribution in [2.45, 2.75) is 71.5 Å². The number of carbonyl (C=O) groups excluding carboxylic acids is 3. The van der Waals surface area contributed by atoms with Gasteiger partial charge in [0.25, 0.3) is 0 Å². The van der Waals surface area contributed by atoms with Gasteiger partial charge in [-0.05, 0) is 24.8 Å². The lowest BCUT2D eigenvalue weighted by Crippen LogP contribution is -2.59. The Hall–Kier alpha value is -2.86. The molecule has 1 aliphatic rings. The molecule has 0 aliphatic carbocycles. The van der Waals surface area contributed by atoms with Gasteiger partial charge in [0, 0.05) is 18.5 Å². The minimum atomic E-state index is -1.31. The maximum absolute atomic E-state index is 13.5. The maximum atomic E-state index is 13.5. The second kappa shape index (κ2) is 11.0. The number of nitrogens with two attached hydrogens (primary N) is 1. The van der Waals surface area contributed by atoms with Crippen LogP contribution in [0, 0.1) is 12.3 Å². The Balaban J connectivity index is 1.73. The Morgan fingerprint density at radius 2 is 1.83 bits per heavy atom. The molecule has 3 rings (SSSR count). The largest absolute Gasteiger partial charge is 0.391 e. The molecule has 5 atom stereocenters. The molecule has 6 N–H and O–H groups in total. The number of aromatic nitrogens is 1. The third kappa shape index (κ3) is 6.28. The van der Waals surface area contributed by atoms with Gasteiger partial charge in [0.05, 0.1) is 28.2 Å². The summed E-state index contributed by atoms with van der Waals surface area (Å²) < 4.78 is 0. The van der Waals surface area contributed by atoms with Crippen molar-refractivity contribution in [1.29, 1.82) is 0 Å². The standard InChI is InChI=1S/C25H35N5O5S/c1-13(26)21(32)28-20(25(3,4)5)24(35)30-11-17(31)10-18(30)23(34)29-22(33)16-8-6-15(7-9-16)19-14(2)27-12-36-19/h6-9,12-13,17-18,20,22,31,33H,10-11,26H2,1-5H3,(H,28,32)(H,29,34)/t13-,17?,18?,20?,22?/m0/s1. The van der Waals surface area contributed by atoms with Crippen LogP contribution in [-0.2, 0) is 14.4 Å². The minimum Gasteiger partial charge on any atom is -0.391 e. The first kappa shape index (κ1) is 27.7. The molecule has 4 unspecified atom stereocenters. The Morgan fingerprint density at radius 1 is 1.19 bits per heavy atom. The number of thiazole rings is 1. The van der Waals surface area contributed by atoms with Crippen LogP contribution in [0.25, 0.3) is 10.4 Å². The number of β-amino-alcohol motifs (C(OH)–C–C–N with tert-alkyl or cyclic N) is 1. The molecule has 11 heteroatoms. The summed E-state index contributed by atoms with van der Waals surface area (Å²) in [6, 6.07) is 4.34. The lowest BCUT2D eigenvalue weighted by molar-refractivity contribution is -0.144. The molecule has 2 heterocycles. The van der Waals surface area contributed by atoms with Crippen molar-refractivity contribution in [3.8, 4) is 10.4 Å². The van der Waals surface area contributed by atoms with E-state index in [0.29, 0.717) is 5.56 Å². The average Bonchev–Trinajstić information content (AvgIpc) is 3.41. The molecule has 0 radical (unpaired) electrons. The van der Waals surface area contributed by atoms with E-state index in [1.54, 1.807) is 38.4 Å². The van der Waals surface area contributed by atoms with Crippen LogP contribution in [0.3, 0.4) is 0 Å². The highest BCUT2D eigenvalue weighted by atomic mass is 32.1. The zero-order chi connectivity index (χ0) is 26.8. The minimum absolute atomic E-state index is 0.0198. The molecule has 1 aromatic heterocycles. The maximum Gasteiger partial charge on any atom is 0.246 e. The van der Waals surface area contributed by atoms with Gasteiger partial charge < -0.3 is 31.5 Å². The first-order valence-corrected chi connectivity index (χ1v) is 12.7. The van der Waals surface area contributed by atoms with E-state index in [0.717, 1.165) is 16.1 Å². The van der Waals surface area contributed by atoms with E-state index in [1.165, 1.54) is 23.2 Å². The summed E-state index contributed by atoms with van der Waals surface area (Å²) in [7, 11) is 0. The summed E-state index contributed by atoms with van der Waals surface area (Å²) in [4.78, 5) is 45.3. The zero-order valence-corrected chi connectivity index (χ0v) is 22.0. The van der Waals surface area contributed by atoms with Crippen molar-refractivity contribution in [1.82, 2.24) is 20.5 Å². The number of amides is 3. The number of benzene rings is 1. The van der Waals surface area contributed by atoms with Gasteiger partial charge in [-0.25, -0.2) is 4.98 Å². The van der Waals surface area contributed by atoms with Crippen LogP contribution >= 0.6 is 11.3 Å². The molecule has 1 fully saturated rings. The van der Waals surface area contributed by atoms with E-state index < -0.39 is 53.6 Å². The van der Waals surface area contributed by atoms with Gasteiger partial charge >= 0.3 is 0 Å². The van der Waals surface area contributed by atoms with Gasteiger partial charge in [0.2, 0.25) is 17.7 Å². The number of nitrogens with zero attached hydrogens (tertiary/aromatic N) is 2. The summed E-state index contributed by atoms with van der Waals surface area (Å²) in [5.41, 5.74) is 9.10. The molecule has 2 aromatic rings. The Bertz CT molecular complexity index is 1100. The highest BCUT2D eigenvalue weighted by Gasteiger charge is 2.44. The van der Waals surface area contributed by atoms with Crippen molar-refractivity contribution in [3.05, 3.63) is 41.0 Å². The first-order valence-electron chi connectivity index (χ1n) is 11.8. The fourth-order valence-corrected chi connectivity index (χ4v) is 4.92. The number of rotatable bonds is 7. The molecule has 3 amide bonds. The normalized spacial score (nSPS) is 20.5. The van der Waals surface area contributed by atoms with Gasteiger partial charge in [-0.1, -0.05) is 45.0 Å². The molecular formula is C25H35N5O5S. The number of likely N-dealkylation sites (tertiary alicyclic amines) is 1. The van der Waals surface area contributed by atoms with Crippen LogP contribution in [0.1, 0.15) is 51.6 Å². The number of aliphatic hydroxyl groups excluding tert-OH is 2. The van der Waals surface area contributed by atoms with Crippen LogP contribution in [0.5, 0.6) is 0 Å². The van der Waals surface area contributed by atoms with E-state index in [2.05, 4.69) is 15.6 Å². The lowest BCUT2D eigenvalue weighted by Gasteiger charge is -2.35. The molecule has 1 aliphatic heterocycles. The zero-order valence-electron chi connectivity index (χ0n) is 21.2. The van der Waals surface area contributed by atoms with Gasteiger partial charge in [-0.3, -0.25) is 14.4 Å². The predicted octanol–water partition coefficient (Wildman–Crippen LogP) is 1.07. The third-order valence-electron chi connectivity index (χ3n) is 6.19. The smallest absolute Gasteiger partial charge is 0.246 e. The number of hydrogen-bond donors (Lipinski definition) is 5. The van der Waals surface area contributed by atoms with Crippen LogP contribution in [0.15, 0.2) is 29.8 Å². The van der Waals surface area contributed by atoms with E-state index in [4.69, 9.17) is 5.73 Å². The van der Waals surface area contributed by atoms with E-state index in [1.807, 2.05) is 19.1 Å². The first-order chi connectivity index (χ1) is 16.8. The summed E-state index contributed by atoms with van der Waals surface area (Å²) >= 11 is 1.52. The van der Waals surface area contributed by atoms with Crippen molar-refractivity contribution in [2.75, 3.05) is 6.54 Å². The summed E-state index contributed by atoms with van der Waals surface area (Å²) in [5, 5.41) is 26.1. The molecule has 196 valence electrons. The highest BCUT2D eigenvalue weighted by molar-refractivity contribution is 7.13. The average molecular weight is 518 g/mol. The fourth-order valence-electron chi connectivity index (χ4n) is 4.10. The number of aliphatic hydroxyl groups is 2. The second-order valence-corrected chi connectivity index (χ2v) is 11.1. The molecule has 1 saturated heterocycles. The summed E-state index contributed by atoms with van der Waals surface area (Å²) in [6.07, 6.45) is -2.19. The molecule has 1 aromatic carbocycles. The number of nitrogens with one attached hydrogen (secondary N) is 2. The van der Waals surface area contributed by atoms with Gasteiger partial charge in [-0.2, -0.15) is 0 Å². The molecular weight excluding hydrogens is 482 g/mol. The van der Waals surface area contributed by atoms with Crippen LogP contribution in [0.4, 0.5) is 0 Å². The van der Waals surface area contributed by atoms with Crippen molar-refractivity contribution in [2.24, 2.45) is 11.1 Å². The second-order valence-electron chi connectivity index (χ2n) is 10.3. The van der Waals surface area contributed by atoms with E-state index >= 15 is 0 Å². The highest BCUT2D eigenvalue weighted by Crippen LogP contribution is 2.29. The summed E-state index contributed by atoms with van der Waals surface area (Å²) in [6.45, 7) is 8.75. The number of aryl methyl sites for hydroxylation is 1. The van der Waals surface area contributed by atoms with Crippen molar-refractivity contribution in [3.63, 3.8) is 0 Å². The van der Waals surface area contributed by atoms with E-state index in [-0.39, 0.29) is 13.0 Å². The van der Waals surface area contributed by atoms with Gasteiger partial charge in [0.1, 0.15) is 12.1 Å². The van der Waals surface area contributed by atoms with Crippen molar-refractivity contribution < 1.29 is 24.6 Å². The number of carbonyl (C=O) groups is 3. The Labute approximate surface area is 214 Å². The summed E-state index contributed by atoms with van der Waals surface area (Å²) in [5.74, 6) is -1.58. The SMILES string of the molecule is Cc1ncsc1-c1ccc(C(O)NC(=O)C2CC(O)CN2C(=O)C(NC(=O)[C@H](C)N)C(C)(C)C)cc1. The Morgan fingerprint density at radius 3 is 2.36 bits per heavy atom. The van der Waals surface area contributed by atoms with Crippen LogP contribution in [-0.4, -0.2) is 68.6 Å². The molecule has 0 bridgehead atoms. The van der Waals surface area contributed by atoms with Crippen LogP contribution in [0.2, 0.25) is 0 Å². The fraction of sp³-hybridized carbons (Fsp3) is 0.520. The number of hydrogen-bond acceptors (Lipinski definition) is 8. The molecule has 0 saturated carbocycles. The van der Waals surface area contributed by atoms with Gasteiger partial charge in [-0.15, -0.1) is 11.3 Å². The van der Waals surface area contributed by atoms with Crippen molar-refractivity contribution >= 4 is 29.1 Å². The lowest BCUT2D eigenvalue weighted by atomic mass is 9.85. The third-order valence-corrected chi connectivity index (χ3v) is 7.17. The molecule has 0 spiro atoms. The topological polar surface area (TPSA) is 158 Å². The quantitative estimate of drug-likeness (QED) is 0.344. The van der Waals surface area contributed by atoms with Crippen LogP contribution < -0.4 is 16.4 Å². The van der Waals surface area contributed by atoms with E-state index in [9.17, 15) is 24.6 Å². The molecule has 10 nitrogen and oxygen atoms in total.